The van der Waals surface area contributed by atoms with Crippen molar-refractivity contribution in [3.05, 3.63) is 34.9 Å². The van der Waals surface area contributed by atoms with Crippen molar-refractivity contribution >= 4 is 11.6 Å². The lowest BCUT2D eigenvalue weighted by Crippen LogP contribution is -2.36. The van der Waals surface area contributed by atoms with Crippen molar-refractivity contribution in [2.75, 3.05) is 13.2 Å². The molecule has 1 aromatic rings. The van der Waals surface area contributed by atoms with Crippen LogP contribution in [0.5, 0.6) is 0 Å². The van der Waals surface area contributed by atoms with Crippen molar-refractivity contribution in [1.82, 2.24) is 5.32 Å². The fourth-order valence-electron chi connectivity index (χ4n) is 2.77. The Morgan fingerprint density at radius 3 is 2.89 bits per heavy atom. The van der Waals surface area contributed by atoms with Crippen molar-refractivity contribution in [3.8, 4) is 0 Å². The smallest absolute Gasteiger partial charge is 0.0590 e. The topological polar surface area (TPSA) is 21.3 Å². The number of likely N-dealkylation sites (N-methyl/N-ethyl adjacent to an activating group) is 1. The van der Waals surface area contributed by atoms with E-state index in [-0.39, 0.29) is 0 Å². The molecule has 2 unspecified atom stereocenters. The Morgan fingerprint density at radius 1 is 1.37 bits per heavy atom. The first-order valence-corrected chi connectivity index (χ1v) is 7.75. The van der Waals surface area contributed by atoms with Crippen LogP contribution >= 0.6 is 11.6 Å². The van der Waals surface area contributed by atoms with Crippen molar-refractivity contribution in [3.63, 3.8) is 0 Å². The van der Waals surface area contributed by atoms with Gasteiger partial charge in [-0.2, -0.15) is 0 Å². The molecule has 0 aliphatic carbocycles. The highest BCUT2D eigenvalue weighted by Crippen LogP contribution is 2.21. The average Bonchev–Trinajstić information content (AvgIpc) is 2.43. The highest BCUT2D eigenvalue weighted by molar-refractivity contribution is 6.31. The molecule has 1 saturated heterocycles. The third kappa shape index (κ3) is 4.79. The summed E-state index contributed by atoms with van der Waals surface area (Å²) >= 11 is 6.25. The second-order valence-electron chi connectivity index (χ2n) is 5.27. The molecule has 0 saturated carbocycles. The van der Waals surface area contributed by atoms with Gasteiger partial charge in [0.25, 0.3) is 0 Å². The zero-order valence-corrected chi connectivity index (χ0v) is 12.5. The molecule has 0 aromatic heterocycles. The SMILES string of the molecule is CCNC(Cc1ccccc1Cl)CC1CCCCO1. The second kappa shape index (κ2) is 7.88. The zero-order chi connectivity index (χ0) is 13.5. The quantitative estimate of drug-likeness (QED) is 0.856. The van der Waals surface area contributed by atoms with Gasteiger partial charge in [0.05, 0.1) is 6.10 Å². The molecule has 1 heterocycles. The summed E-state index contributed by atoms with van der Waals surface area (Å²) in [4.78, 5) is 0. The van der Waals surface area contributed by atoms with Crippen LogP contribution in [0.4, 0.5) is 0 Å². The molecule has 0 spiro atoms. The van der Waals surface area contributed by atoms with E-state index in [1.807, 2.05) is 12.1 Å². The zero-order valence-electron chi connectivity index (χ0n) is 11.7. The molecule has 2 nitrogen and oxygen atoms in total. The first-order valence-electron chi connectivity index (χ1n) is 7.38. The summed E-state index contributed by atoms with van der Waals surface area (Å²) in [7, 11) is 0. The fraction of sp³-hybridized carbons (Fsp3) is 0.625. The molecule has 2 rings (SSSR count). The Kier molecular flexibility index (Phi) is 6.15. The van der Waals surface area contributed by atoms with E-state index in [1.165, 1.54) is 24.8 Å². The third-order valence-electron chi connectivity index (χ3n) is 3.74. The third-order valence-corrected chi connectivity index (χ3v) is 4.11. The Labute approximate surface area is 121 Å². The van der Waals surface area contributed by atoms with Gasteiger partial charge in [-0.3, -0.25) is 0 Å². The van der Waals surface area contributed by atoms with Crippen LogP contribution in [-0.4, -0.2) is 25.3 Å². The molecular formula is C16H24ClNO. The van der Waals surface area contributed by atoms with Gasteiger partial charge in [0.2, 0.25) is 0 Å². The van der Waals surface area contributed by atoms with Gasteiger partial charge >= 0.3 is 0 Å². The highest BCUT2D eigenvalue weighted by atomic mass is 35.5. The van der Waals surface area contributed by atoms with Gasteiger partial charge in [-0.25, -0.2) is 0 Å². The minimum absolute atomic E-state index is 0.417. The summed E-state index contributed by atoms with van der Waals surface area (Å²) in [6, 6.07) is 8.58. The molecule has 0 radical (unpaired) electrons. The number of hydrogen-bond acceptors (Lipinski definition) is 2. The number of ether oxygens (including phenoxy) is 1. The second-order valence-corrected chi connectivity index (χ2v) is 5.68. The van der Waals surface area contributed by atoms with Crippen molar-refractivity contribution in [1.29, 1.82) is 0 Å². The molecule has 1 fully saturated rings. The number of halogens is 1. The Balaban J connectivity index is 1.93. The van der Waals surface area contributed by atoms with Gasteiger partial charge in [0.15, 0.2) is 0 Å². The molecule has 0 bridgehead atoms. The standard InChI is InChI=1S/C16H24ClNO/c1-2-18-14(12-15-8-5-6-10-19-15)11-13-7-3-4-9-16(13)17/h3-4,7,9,14-15,18H,2,5-6,8,10-12H2,1H3. The normalized spacial score (nSPS) is 21.3. The predicted molar refractivity (Wildman–Crippen MR) is 80.8 cm³/mol. The van der Waals surface area contributed by atoms with Gasteiger partial charge < -0.3 is 10.1 Å². The number of benzene rings is 1. The maximum absolute atomic E-state index is 6.25. The van der Waals surface area contributed by atoms with Gasteiger partial charge in [-0.05, 0) is 50.3 Å². The van der Waals surface area contributed by atoms with E-state index in [4.69, 9.17) is 16.3 Å². The average molecular weight is 282 g/mol. The molecule has 19 heavy (non-hydrogen) atoms. The number of rotatable bonds is 6. The van der Waals surface area contributed by atoms with Crippen LogP contribution in [0.2, 0.25) is 5.02 Å². The summed E-state index contributed by atoms with van der Waals surface area (Å²) in [6.07, 6.45) is 6.19. The van der Waals surface area contributed by atoms with Crippen LogP contribution in [0.3, 0.4) is 0 Å². The van der Waals surface area contributed by atoms with Crippen LogP contribution in [-0.2, 0) is 11.2 Å². The summed E-state index contributed by atoms with van der Waals surface area (Å²) in [5, 5.41) is 4.44. The summed E-state index contributed by atoms with van der Waals surface area (Å²) < 4.78 is 5.85. The molecule has 106 valence electrons. The van der Waals surface area contributed by atoms with Crippen LogP contribution in [0.15, 0.2) is 24.3 Å². The molecule has 1 aliphatic rings. The van der Waals surface area contributed by atoms with E-state index >= 15 is 0 Å². The summed E-state index contributed by atoms with van der Waals surface area (Å²) in [5.41, 5.74) is 1.23. The van der Waals surface area contributed by atoms with Gasteiger partial charge in [0.1, 0.15) is 0 Å². The van der Waals surface area contributed by atoms with Gasteiger partial charge in [-0.15, -0.1) is 0 Å². The van der Waals surface area contributed by atoms with Crippen molar-refractivity contribution in [2.45, 2.75) is 51.2 Å². The minimum atomic E-state index is 0.417. The molecule has 1 N–H and O–H groups in total. The molecule has 1 aliphatic heterocycles. The number of hydrogen-bond donors (Lipinski definition) is 1. The summed E-state index contributed by atoms with van der Waals surface area (Å²) in [6.45, 7) is 4.07. The highest BCUT2D eigenvalue weighted by Gasteiger charge is 2.19. The van der Waals surface area contributed by atoms with E-state index < -0.39 is 0 Å². The van der Waals surface area contributed by atoms with Crippen LogP contribution in [0.25, 0.3) is 0 Å². The molecule has 1 aromatic carbocycles. The largest absolute Gasteiger partial charge is 0.378 e. The number of nitrogens with one attached hydrogen (secondary N) is 1. The van der Waals surface area contributed by atoms with E-state index in [0.29, 0.717) is 12.1 Å². The molecule has 3 heteroatoms. The lowest BCUT2D eigenvalue weighted by Gasteiger charge is -2.27. The van der Waals surface area contributed by atoms with Crippen molar-refractivity contribution < 1.29 is 4.74 Å². The molecular weight excluding hydrogens is 258 g/mol. The van der Waals surface area contributed by atoms with E-state index in [1.54, 1.807) is 0 Å². The predicted octanol–water partition coefficient (Wildman–Crippen LogP) is 3.82. The maximum atomic E-state index is 6.25. The van der Waals surface area contributed by atoms with Crippen LogP contribution < -0.4 is 5.32 Å². The van der Waals surface area contributed by atoms with E-state index in [0.717, 1.165) is 31.0 Å². The first kappa shape index (κ1) is 14.8. The Morgan fingerprint density at radius 2 is 2.21 bits per heavy atom. The van der Waals surface area contributed by atoms with Gasteiger partial charge in [-0.1, -0.05) is 36.7 Å². The van der Waals surface area contributed by atoms with E-state index in [9.17, 15) is 0 Å². The maximum Gasteiger partial charge on any atom is 0.0590 e. The fourth-order valence-corrected chi connectivity index (χ4v) is 2.98. The minimum Gasteiger partial charge on any atom is -0.378 e. The van der Waals surface area contributed by atoms with Crippen molar-refractivity contribution in [2.24, 2.45) is 0 Å². The first-order chi connectivity index (χ1) is 9.29. The monoisotopic (exact) mass is 281 g/mol. The Hall–Kier alpha value is -0.570. The lowest BCUT2D eigenvalue weighted by atomic mass is 9.97. The van der Waals surface area contributed by atoms with Gasteiger partial charge in [0, 0.05) is 17.7 Å². The Bertz CT molecular complexity index is 377. The molecule has 2 atom stereocenters. The summed E-state index contributed by atoms with van der Waals surface area (Å²) in [5.74, 6) is 0. The molecule has 0 amide bonds. The van der Waals surface area contributed by atoms with Crippen LogP contribution in [0, 0.1) is 0 Å². The lowest BCUT2D eigenvalue weighted by molar-refractivity contribution is 0.00535. The van der Waals surface area contributed by atoms with E-state index in [2.05, 4.69) is 24.4 Å². The van der Waals surface area contributed by atoms with Crippen LogP contribution in [0.1, 0.15) is 38.2 Å².